The van der Waals surface area contributed by atoms with E-state index in [1.807, 2.05) is 0 Å². The number of carboxylic acid groups (broad SMARTS) is 1. The molecule has 1 aromatic rings. The van der Waals surface area contributed by atoms with Gasteiger partial charge in [0.05, 0.1) is 10.8 Å². The van der Waals surface area contributed by atoms with Gasteiger partial charge in [0, 0.05) is 6.20 Å². The average molecular weight is 222 g/mol. The zero-order valence-electron chi connectivity index (χ0n) is 6.33. The summed E-state index contributed by atoms with van der Waals surface area (Å²) in [6, 6.07) is 1.10. The molecule has 0 atom stereocenters. The van der Waals surface area contributed by atoms with Crippen LogP contribution in [-0.2, 0) is 4.79 Å². The third kappa shape index (κ3) is 3.20. The fraction of sp³-hybridized carbons (Fsp3) is 0.143. The zero-order valence-corrected chi connectivity index (χ0v) is 7.90. The SMILES string of the molecule is O=C(O)CSc1ncc(Cl)cc1F. The van der Waals surface area contributed by atoms with Crippen molar-refractivity contribution >= 4 is 29.3 Å². The molecule has 70 valence electrons. The van der Waals surface area contributed by atoms with E-state index >= 15 is 0 Å². The molecule has 6 heteroatoms. The number of thioether (sulfide) groups is 1. The van der Waals surface area contributed by atoms with Crippen molar-refractivity contribution in [3.63, 3.8) is 0 Å². The molecule has 3 nitrogen and oxygen atoms in total. The van der Waals surface area contributed by atoms with Crippen LogP contribution in [0.1, 0.15) is 0 Å². The maximum Gasteiger partial charge on any atom is 0.313 e. The first-order valence-corrected chi connectivity index (χ1v) is 4.61. The number of rotatable bonds is 3. The van der Waals surface area contributed by atoms with Crippen LogP contribution in [0, 0.1) is 5.82 Å². The minimum Gasteiger partial charge on any atom is -0.481 e. The first-order chi connectivity index (χ1) is 6.09. The van der Waals surface area contributed by atoms with Crippen molar-refractivity contribution in [3.8, 4) is 0 Å². The van der Waals surface area contributed by atoms with Crippen molar-refractivity contribution in [1.82, 2.24) is 4.98 Å². The maximum absolute atomic E-state index is 12.9. The Morgan fingerprint density at radius 1 is 1.77 bits per heavy atom. The monoisotopic (exact) mass is 221 g/mol. The Morgan fingerprint density at radius 2 is 2.46 bits per heavy atom. The highest BCUT2D eigenvalue weighted by Crippen LogP contribution is 2.21. The van der Waals surface area contributed by atoms with E-state index in [-0.39, 0.29) is 15.8 Å². The molecule has 0 aliphatic carbocycles. The van der Waals surface area contributed by atoms with E-state index in [0.717, 1.165) is 17.8 Å². The molecule has 0 amide bonds. The first kappa shape index (κ1) is 10.3. The van der Waals surface area contributed by atoms with Crippen LogP contribution in [0.15, 0.2) is 17.3 Å². The Hall–Kier alpha value is -0.810. The number of pyridine rings is 1. The van der Waals surface area contributed by atoms with Gasteiger partial charge in [-0.2, -0.15) is 0 Å². The predicted molar refractivity (Wildman–Crippen MR) is 47.6 cm³/mol. The van der Waals surface area contributed by atoms with Gasteiger partial charge in [-0.05, 0) is 6.07 Å². The number of carboxylic acids is 1. The maximum atomic E-state index is 12.9. The van der Waals surface area contributed by atoms with Gasteiger partial charge in [-0.15, -0.1) is 0 Å². The first-order valence-electron chi connectivity index (χ1n) is 3.25. The molecule has 0 aliphatic rings. The fourth-order valence-electron chi connectivity index (χ4n) is 0.638. The molecule has 1 heterocycles. The van der Waals surface area contributed by atoms with Crippen LogP contribution in [0.25, 0.3) is 0 Å². The Morgan fingerprint density at radius 3 is 3.00 bits per heavy atom. The molecule has 0 spiro atoms. The summed E-state index contributed by atoms with van der Waals surface area (Å²) >= 11 is 6.27. The third-order valence-electron chi connectivity index (χ3n) is 1.11. The van der Waals surface area contributed by atoms with E-state index in [9.17, 15) is 9.18 Å². The van der Waals surface area contributed by atoms with Crippen LogP contribution < -0.4 is 0 Å². The summed E-state index contributed by atoms with van der Waals surface area (Å²) in [6.45, 7) is 0. The van der Waals surface area contributed by atoms with Gasteiger partial charge in [-0.1, -0.05) is 23.4 Å². The van der Waals surface area contributed by atoms with E-state index < -0.39 is 11.8 Å². The molecule has 13 heavy (non-hydrogen) atoms. The Kier molecular flexibility index (Phi) is 3.50. The highest BCUT2D eigenvalue weighted by atomic mass is 35.5. The van der Waals surface area contributed by atoms with Gasteiger partial charge in [0.15, 0.2) is 5.82 Å². The lowest BCUT2D eigenvalue weighted by molar-refractivity contribution is -0.133. The molecule has 1 aromatic heterocycles. The van der Waals surface area contributed by atoms with Crippen molar-refractivity contribution in [2.45, 2.75) is 5.03 Å². The number of aliphatic carboxylic acids is 1. The second-order valence-electron chi connectivity index (χ2n) is 2.12. The van der Waals surface area contributed by atoms with Gasteiger partial charge >= 0.3 is 5.97 Å². The molecule has 1 N–H and O–H groups in total. The van der Waals surface area contributed by atoms with Crippen LogP contribution >= 0.6 is 23.4 Å². The summed E-state index contributed by atoms with van der Waals surface area (Å²) in [4.78, 5) is 13.8. The van der Waals surface area contributed by atoms with Crippen molar-refractivity contribution < 1.29 is 14.3 Å². The zero-order chi connectivity index (χ0) is 9.84. The van der Waals surface area contributed by atoms with E-state index in [1.54, 1.807) is 0 Å². The second-order valence-corrected chi connectivity index (χ2v) is 3.52. The lowest BCUT2D eigenvalue weighted by Crippen LogP contribution is -1.99. The largest absolute Gasteiger partial charge is 0.481 e. The van der Waals surface area contributed by atoms with Gasteiger partial charge in [-0.25, -0.2) is 9.37 Å². The van der Waals surface area contributed by atoms with Crippen LogP contribution in [0.3, 0.4) is 0 Å². The molecule has 1 rings (SSSR count). The quantitative estimate of drug-likeness (QED) is 0.794. The van der Waals surface area contributed by atoms with Gasteiger partial charge in [0.2, 0.25) is 0 Å². The molecule has 0 bridgehead atoms. The van der Waals surface area contributed by atoms with Crippen LogP contribution in [0.5, 0.6) is 0 Å². The molecule has 0 unspecified atom stereocenters. The minimum absolute atomic E-state index is 0.0480. The second kappa shape index (κ2) is 4.43. The lowest BCUT2D eigenvalue weighted by atomic mass is 10.5. The summed E-state index contributed by atoms with van der Waals surface area (Å²) in [7, 11) is 0. The van der Waals surface area contributed by atoms with E-state index in [2.05, 4.69) is 4.98 Å². The molecule has 0 fully saturated rings. The molecular formula is C7H5ClFNO2S. The van der Waals surface area contributed by atoms with Crippen LogP contribution in [0.2, 0.25) is 5.02 Å². The molecule has 0 saturated carbocycles. The summed E-state index contributed by atoms with van der Waals surface area (Å²) in [5, 5.41) is 8.56. The van der Waals surface area contributed by atoms with Crippen molar-refractivity contribution in [1.29, 1.82) is 0 Å². The Balaban J connectivity index is 2.72. The Labute approximate surface area is 82.9 Å². The Bertz CT molecular complexity index is 334. The molecule has 0 radical (unpaired) electrons. The number of hydrogen-bond acceptors (Lipinski definition) is 3. The highest BCUT2D eigenvalue weighted by molar-refractivity contribution is 7.99. The number of halogens is 2. The van der Waals surface area contributed by atoms with Crippen molar-refractivity contribution in [3.05, 3.63) is 23.1 Å². The predicted octanol–water partition coefficient (Wildman–Crippen LogP) is 2.05. The van der Waals surface area contributed by atoms with Gasteiger partial charge in [-0.3, -0.25) is 4.79 Å². The summed E-state index contributed by atoms with van der Waals surface area (Å²) < 4.78 is 12.9. The van der Waals surface area contributed by atoms with Crippen molar-refractivity contribution in [2.24, 2.45) is 0 Å². The fourth-order valence-corrected chi connectivity index (χ4v) is 1.37. The van der Waals surface area contributed by atoms with Crippen LogP contribution in [-0.4, -0.2) is 21.8 Å². The van der Waals surface area contributed by atoms with Gasteiger partial charge in [0.1, 0.15) is 5.03 Å². The topological polar surface area (TPSA) is 50.2 Å². The van der Waals surface area contributed by atoms with E-state index in [1.165, 1.54) is 6.20 Å². The smallest absolute Gasteiger partial charge is 0.313 e. The van der Waals surface area contributed by atoms with E-state index in [4.69, 9.17) is 16.7 Å². The molecule has 0 aromatic carbocycles. The third-order valence-corrected chi connectivity index (χ3v) is 2.28. The van der Waals surface area contributed by atoms with Gasteiger partial charge in [0.25, 0.3) is 0 Å². The lowest BCUT2D eigenvalue weighted by Gasteiger charge is -1.99. The van der Waals surface area contributed by atoms with Crippen molar-refractivity contribution in [2.75, 3.05) is 5.75 Å². The number of aromatic nitrogens is 1. The summed E-state index contributed by atoms with van der Waals surface area (Å²) in [5.74, 6) is -1.83. The van der Waals surface area contributed by atoms with Gasteiger partial charge < -0.3 is 5.11 Å². The molecule has 0 saturated heterocycles. The highest BCUT2D eigenvalue weighted by Gasteiger charge is 2.07. The minimum atomic E-state index is -1.01. The van der Waals surface area contributed by atoms with Crippen LogP contribution in [0.4, 0.5) is 4.39 Å². The number of hydrogen-bond donors (Lipinski definition) is 1. The molecular weight excluding hydrogens is 217 g/mol. The average Bonchev–Trinajstić information content (AvgIpc) is 2.02. The summed E-state index contributed by atoms with van der Waals surface area (Å²) in [6.07, 6.45) is 1.27. The standard InChI is InChI=1S/C7H5ClFNO2S/c8-4-1-5(9)7(10-2-4)13-3-6(11)12/h1-2H,3H2,(H,11,12). The normalized spacial score (nSPS) is 10.0. The van der Waals surface area contributed by atoms with E-state index in [0.29, 0.717) is 0 Å². The summed E-state index contributed by atoms with van der Waals surface area (Å²) in [5.41, 5.74) is 0. The molecule has 0 aliphatic heterocycles. The number of nitrogens with zero attached hydrogens (tertiary/aromatic N) is 1. The number of carbonyl (C=O) groups is 1.